The normalized spacial score (nSPS) is 24.2. The van der Waals surface area contributed by atoms with Gasteiger partial charge in [-0.15, -0.1) is 0 Å². The van der Waals surface area contributed by atoms with Gasteiger partial charge in [-0.25, -0.2) is 0 Å². The minimum absolute atomic E-state index is 0.0126. The number of aromatic hydroxyl groups is 1. The first kappa shape index (κ1) is 35.6. The zero-order valence-corrected chi connectivity index (χ0v) is 27.4. The minimum Gasteiger partial charge on any atom is -0.508 e. The number of carbonyl (C=O) groups is 7. The van der Waals surface area contributed by atoms with Crippen LogP contribution in [0.5, 0.6) is 5.75 Å². The second kappa shape index (κ2) is 15.7. The van der Waals surface area contributed by atoms with Crippen molar-refractivity contribution < 1.29 is 43.8 Å². The first-order valence-corrected chi connectivity index (χ1v) is 17.0. The largest absolute Gasteiger partial charge is 0.508 e. The number of hydrogen-bond donors (Lipinski definition) is 5. The van der Waals surface area contributed by atoms with Gasteiger partial charge in [0.05, 0.1) is 6.54 Å². The van der Waals surface area contributed by atoms with Gasteiger partial charge in [-0.1, -0.05) is 12.1 Å². The van der Waals surface area contributed by atoms with Crippen LogP contribution in [0.2, 0.25) is 0 Å². The number of phenolic OH excluding ortho intramolecular Hbond substituents is 1. The Morgan fingerprint density at radius 2 is 1.16 bits per heavy atom. The highest BCUT2D eigenvalue weighted by Crippen LogP contribution is 2.30. The van der Waals surface area contributed by atoms with Crippen molar-refractivity contribution in [3.05, 3.63) is 29.8 Å². The number of hydrogen-bond acceptors (Lipinski definition) is 9. The van der Waals surface area contributed by atoms with Gasteiger partial charge in [0.25, 0.3) is 0 Å². The summed E-state index contributed by atoms with van der Waals surface area (Å²) in [7, 11) is 0. The Morgan fingerprint density at radius 3 is 1.65 bits per heavy atom. The maximum Gasteiger partial charge on any atom is 0.322 e. The molecule has 4 heterocycles. The summed E-state index contributed by atoms with van der Waals surface area (Å²) in [5.41, 5.74) is 6.17. The molecule has 5 atom stereocenters. The van der Waals surface area contributed by atoms with Gasteiger partial charge in [0.1, 0.15) is 42.5 Å². The van der Waals surface area contributed by atoms with Crippen molar-refractivity contribution >= 4 is 41.4 Å². The molecule has 6 N–H and O–H groups in total. The molecule has 1 aromatic rings. The molecule has 5 rings (SSSR count). The van der Waals surface area contributed by atoms with Crippen LogP contribution in [-0.4, -0.2) is 141 Å². The molecular formula is C33H45N7O9. The third kappa shape index (κ3) is 7.95. The van der Waals surface area contributed by atoms with E-state index in [4.69, 9.17) is 10.8 Å². The SMILES string of the molecule is NCC(=O)N1CCC[C@H]1C(=O)N1CCC[C@H]1C(=O)N1CCC[C@H]1C(=O)N1CCC[C@H]1C(=O)N[C@@H](Cc1ccc(O)cc1)C(=O)NCC(=O)O. The van der Waals surface area contributed by atoms with Gasteiger partial charge in [-0.3, -0.25) is 33.6 Å². The molecule has 0 aliphatic carbocycles. The van der Waals surface area contributed by atoms with Gasteiger partial charge in [-0.2, -0.15) is 0 Å². The zero-order valence-electron chi connectivity index (χ0n) is 27.4. The zero-order chi connectivity index (χ0) is 35.2. The van der Waals surface area contributed by atoms with E-state index in [0.29, 0.717) is 76.6 Å². The summed E-state index contributed by atoms with van der Waals surface area (Å²) in [6.07, 6.45) is 4.10. The lowest BCUT2D eigenvalue weighted by Crippen LogP contribution is -2.58. The van der Waals surface area contributed by atoms with E-state index < -0.39 is 54.5 Å². The molecule has 0 bridgehead atoms. The van der Waals surface area contributed by atoms with Crippen molar-refractivity contribution in [3.8, 4) is 5.75 Å². The molecule has 0 radical (unpaired) electrons. The third-order valence-corrected chi connectivity index (χ3v) is 9.94. The number of carbonyl (C=O) groups excluding carboxylic acids is 6. The standard InChI is InChI=1S/C33H45N7O9/c34-18-27(42)37-13-2-6-24(37)31(47)39-15-4-8-26(39)33(49)40-16-3-7-25(40)32(48)38-14-1-5-23(38)30(46)36-22(29(45)35-19-28(43)44)17-20-9-11-21(41)12-10-20/h9-12,22-26,41H,1-8,13-19,34H2,(H,35,45)(H,36,46)(H,43,44)/t22-,23-,24-,25-,26-/m0/s1. The van der Waals surface area contributed by atoms with Crippen molar-refractivity contribution in [3.63, 3.8) is 0 Å². The average Bonchev–Trinajstić information content (AvgIpc) is 3.92. The van der Waals surface area contributed by atoms with Crippen LogP contribution < -0.4 is 16.4 Å². The molecule has 4 aliphatic heterocycles. The first-order valence-electron chi connectivity index (χ1n) is 17.0. The van der Waals surface area contributed by atoms with Crippen molar-refractivity contribution in [1.82, 2.24) is 30.2 Å². The molecule has 16 heteroatoms. The van der Waals surface area contributed by atoms with Gasteiger partial charge in [0, 0.05) is 32.6 Å². The van der Waals surface area contributed by atoms with Gasteiger partial charge in [0.15, 0.2) is 0 Å². The molecular weight excluding hydrogens is 638 g/mol. The smallest absolute Gasteiger partial charge is 0.322 e. The molecule has 4 fully saturated rings. The summed E-state index contributed by atoms with van der Waals surface area (Å²) in [4.78, 5) is 97.7. The predicted octanol–water partition coefficient (Wildman–Crippen LogP) is -1.46. The fourth-order valence-electron chi connectivity index (χ4n) is 7.52. The van der Waals surface area contributed by atoms with Crippen LogP contribution in [0.1, 0.15) is 56.9 Å². The van der Waals surface area contributed by atoms with E-state index in [-0.39, 0.29) is 48.9 Å². The molecule has 49 heavy (non-hydrogen) atoms. The maximum atomic E-state index is 14.0. The summed E-state index contributed by atoms with van der Waals surface area (Å²) in [5, 5.41) is 23.7. The summed E-state index contributed by atoms with van der Waals surface area (Å²) in [6, 6.07) is 1.75. The molecule has 1 aromatic carbocycles. The maximum absolute atomic E-state index is 14.0. The van der Waals surface area contributed by atoms with E-state index in [2.05, 4.69) is 10.6 Å². The first-order chi connectivity index (χ1) is 23.5. The van der Waals surface area contributed by atoms with Crippen LogP contribution in [0.3, 0.4) is 0 Å². The van der Waals surface area contributed by atoms with E-state index in [1.165, 1.54) is 26.8 Å². The summed E-state index contributed by atoms with van der Waals surface area (Å²) >= 11 is 0. The summed E-state index contributed by atoms with van der Waals surface area (Å²) in [5.74, 6) is -3.79. The number of nitrogens with zero attached hydrogens (tertiary/aromatic N) is 4. The van der Waals surface area contributed by atoms with Crippen molar-refractivity contribution in [1.29, 1.82) is 0 Å². The van der Waals surface area contributed by atoms with E-state index in [1.807, 2.05) is 0 Å². The van der Waals surface area contributed by atoms with Crippen molar-refractivity contribution in [2.24, 2.45) is 5.73 Å². The monoisotopic (exact) mass is 683 g/mol. The van der Waals surface area contributed by atoms with Gasteiger partial charge >= 0.3 is 5.97 Å². The van der Waals surface area contributed by atoms with Crippen LogP contribution in [0.4, 0.5) is 0 Å². The number of aliphatic carboxylic acids is 1. The Morgan fingerprint density at radius 1 is 0.714 bits per heavy atom. The van der Waals surface area contributed by atoms with Gasteiger partial charge < -0.3 is 46.2 Å². The second-order valence-electron chi connectivity index (χ2n) is 13.1. The number of carboxylic acids is 1. The number of nitrogens with two attached hydrogens (primary N) is 1. The van der Waals surface area contributed by atoms with Crippen LogP contribution in [0.25, 0.3) is 0 Å². The Kier molecular flexibility index (Phi) is 11.4. The van der Waals surface area contributed by atoms with Crippen molar-refractivity contribution in [2.45, 2.75) is 88.0 Å². The molecule has 4 saturated heterocycles. The molecule has 0 saturated carbocycles. The number of benzene rings is 1. The number of amides is 6. The van der Waals surface area contributed by atoms with E-state index in [9.17, 15) is 38.7 Å². The van der Waals surface area contributed by atoms with Gasteiger partial charge in [-0.05, 0) is 69.1 Å². The Hall–Kier alpha value is -4.73. The van der Waals surface area contributed by atoms with E-state index in [1.54, 1.807) is 17.0 Å². The van der Waals surface area contributed by atoms with Crippen molar-refractivity contribution in [2.75, 3.05) is 39.3 Å². The highest BCUT2D eigenvalue weighted by molar-refractivity contribution is 5.97. The Bertz CT molecular complexity index is 1450. The molecule has 0 spiro atoms. The molecule has 0 aromatic heterocycles. The fraction of sp³-hybridized carbons (Fsp3) is 0.606. The average molecular weight is 684 g/mol. The Labute approximate surface area is 283 Å². The molecule has 6 amide bonds. The number of rotatable bonds is 11. The topological polar surface area (TPSA) is 223 Å². The van der Waals surface area contributed by atoms with E-state index >= 15 is 0 Å². The quantitative estimate of drug-likeness (QED) is 0.182. The van der Waals surface area contributed by atoms with Crippen LogP contribution in [-0.2, 0) is 40.0 Å². The number of carboxylic acid groups (broad SMARTS) is 1. The Balaban J connectivity index is 1.26. The molecule has 4 aliphatic rings. The van der Waals surface area contributed by atoms with Gasteiger partial charge in [0.2, 0.25) is 35.4 Å². The lowest BCUT2D eigenvalue weighted by molar-refractivity contribution is -0.152. The minimum atomic E-state index is -1.25. The van der Waals surface area contributed by atoms with Crippen LogP contribution >= 0.6 is 0 Å². The predicted molar refractivity (Wildman–Crippen MR) is 172 cm³/mol. The van der Waals surface area contributed by atoms with Crippen LogP contribution in [0, 0.1) is 0 Å². The number of nitrogens with one attached hydrogen (secondary N) is 2. The summed E-state index contributed by atoms with van der Waals surface area (Å²) < 4.78 is 0. The molecule has 0 unspecified atom stereocenters. The fourth-order valence-corrected chi connectivity index (χ4v) is 7.52. The number of likely N-dealkylation sites (tertiary alicyclic amines) is 4. The molecule has 266 valence electrons. The lowest BCUT2D eigenvalue weighted by atomic mass is 10.0. The molecule has 16 nitrogen and oxygen atoms in total. The highest BCUT2D eigenvalue weighted by atomic mass is 16.4. The van der Waals surface area contributed by atoms with Crippen LogP contribution in [0.15, 0.2) is 24.3 Å². The summed E-state index contributed by atoms with van der Waals surface area (Å²) in [6.45, 7) is 0.590. The van der Waals surface area contributed by atoms with E-state index in [0.717, 1.165) is 0 Å². The third-order valence-electron chi connectivity index (χ3n) is 9.94. The highest BCUT2D eigenvalue weighted by Gasteiger charge is 2.47. The lowest BCUT2D eigenvalue weighted by Gasteiger charge is -2.35. The second-order valence-corrected chi connectivity index (χ2v) is 13.1. The number of phenols is 1.